The van der Waals surface area contributed by atoms with Crippen LogP contribution in [0.15, 0.2) is 28.7 Å². The summed E-state index contributed by atoms with van der Waals surface area (Å²) in [6.45, 7) is 3.94. The standard InChI is InChI=1S/C15H21BrN2O/c1-3-4-10-9-13(10)18-14(19)15(2,17)11-5-7-12(16)8-6-11/h5-8,10,13H,3-4,9,17H2,1-2H3,(H,18,19). The smallest absolute Gasteiger partial charge is 0.244 e. The Hall–Kier alpha value is -0.870. The van der Waals surface area contributed by atoms with Gasteiger partial charge in [0.25, 0.3) is 0 Å². The second-order valence-electron chi connectivity index (χ2n) is 5.57. The molecule has 0 radical (unpaired) electrons. The Morgan fingerprint density at radius 2 is 2.11 bits per heavy atom. The van der Waals surface area contributed by atoms with Crippen LogP contribution in [0.3, 0.4) is 0 Å². The minimum absolute atomic E-state index is 0.0848. The molecule has 0 heterocycles. The molecular formula is C15H21BrN2O. The summed E-state index contributed by atoms with van der Waals surface area (Å²) < 4.78 is 0.984. The molecule has 19 heavy (non-hydrogen) atoms. The average molecular weight is 325 g/mol. The van der Waals surface area contributed by atoms with Crippen molar-refractivity contribution in [2.24, 2.45) is 11.7 Å². The molecule has 1 aliphatic rings. The van der Waals surface area contributed by atoms with Gasteiger partial charge in [-0.05, 0) is 43.4 Å². The quantitative estimate of drug-likeness (QED) is 0.874. The van der Waals surface area contributed by atoms with Crippen LogP contribution in [-0.2, 0) is 10.3 Å². The summed E-state index contributed by atoms with van der Waals surface area (Å²) in [6, 6.07) is 7.92. The summed E-state index contributed by atoms with van der Waals surface area (Å²) in [4.78, 5) is 12.3. The normalized spacial score (nSPS) is 24.6. The van der Waals surface area contributed by atoms with E-state index in [1.54, 1.807) is 6.92 Å². The fourth-order valence-corrected chi connectivity index (χ4v) is 2.62. The lowest BCUT2D eigenvalue weighted by Gasteiger charge is -2.24. The molecule has 3 nitrogen and oxygen atoms in total. The largest absolute Gasteiger partial charge is 0.351 e. The summed E-state index contributed by atoms with van der Waals surface area (Å²) in [7, 11) is 0. The van der Waals surface area contributed by atoms with Gasteiger partial charge in [-0.2, -0.15) is 0 Å². The van der Waals surface area contributed by atoms with Gasteiger partial charge in [0, 0.05) is 10.5 Å². The highest BCUT2D eigenvalue weighted by Crippen LogP contribution is 2.35. The van der Waals surface area contributed by atoms with Gasteiger partial charge in [0.1, 0.15) is 5.54 Å². The number of nitrogens with two attached hydrogens (primary N) is 1. The number of hydrogen-bond acceptors (Lipinski definition) is 2. The van der Waals surface area contributed by atoms with Crippen LogP contribution < -0.4 is 11.1 Å². The highest BCUT2D eigenvalue weighted by atomic mass is 79.9. The summed E-state index contributed by atoms with van der Waals surface area (Å²) >= 11 is 3.38. The first-order valence-electron chi connectivity index (χ1n) is 6.81. The maximum atomic E-state index is 12.3. The number of benzene rings is 1. The lowest BCUT2D eigenvalue weighted by molar-refractivity contribution is -0.126. The minimum atomic E-state index is -0.972. The van der Waals surface area contributed by atoms with Crippen molar-refractivity contribution < 1.29 is 4.79 Å². The Bertz CT molecular complexity index is 456. The lowest BCUT2D eigenvalue weighted by Crippen LogP contribution is -2.49. The van der Waals surface area contributed by atoms with Gasteiger partial charge in [-0.15, -0.1) is 0 Å². The number of halogens is 1. The van der Waals surface area contributed by atoms with E-state index in [-0.39, 0.29) is 5.91 Å². The summed E-state index contributed by atoms with van der Waals surface area (Å²) in [5, 5.41) is 3.07. The first-order chi connectivity index (χ1) is 8.95. The zero-order chi connectivity index (χ0) is 14.0. The van der Waals surface area contributed by atoms with Crippen molar-refractivity contribution >= 4 is 21.8 Å². The van der Waals surface area contributed by atoms with E-state index in [4.69, 9.17) is 5.73 Å². The number of carbonyl (C=O) groups is 1. The van der Waals surface area contributed by atoms with Gasteiger partial charge in [0.2, 0.25) is 5.91 Å². The zero-order valence-corrected chi connectivity index (χ0v) is 13.0. The third-order valence-corrected chi connectivity index (χ3v) is 4.34. The molecule has 0 spiro atoms. The molecular weight excluding hydrogens is 304 g/mol. The third kappa shape index (κ3) is 3.37. The van der Waals surface area contributed by atoms with Crippen LogP contribution in [-0.4, -0.2) is 11.9 Å². The lowest BCUT2D eigenvalue weighted by atomic mass is 9.92. The third-order valence-electron chi connectivity index (χ3n) is 3.81. The van der Waals surface area contributed by atoms with E-state index in [1.165, 1.54) is 12.8 Å². The monoisotopic (exact) mass is 324 g/mol. The van der Waals surface area contributed by atoms with Crippen LogP contribution in [0.5, 0.6) is 0 Å². The molecule has 3 N–H and O–H groups in total. The summed E-state index contributed by atoms with van der Waals surface area (Å²) in [5.74, 6) is 0.563. The van der Waals surface area contributed by atoms with Crippen molar-refractivity contribution in [1.82, 2.24) is 5.32 Å². The van der Waals surface area contributed by atoms with E-state index in [0.717, 1.165) is 16.5 Å². The molecule has 3 atom stereocenters. The van der Waals surface area contributed by atoms with Crippen LogP contribution in [0, 0.1) is 5.92 Å². The first-order valence-corrected chi connectivity index (χ1v) is 7.60. The Morgan fingerprint density at radius 3 is 2.68 bits per heavy atom. The van der Waals surface area contributed by atoms with Gasteiger partial charge in [-0.1, -0.05) is 41.4 Å². The first kappa shape index (κ1) is 14.5. The van der Waals surface area contributed by atoms with Crippen LogP contribution in [0.1, 0.15) is 38.7 Å². The summed E-state index contributed by atoms with van der Waals surface area (Å²) in [5.41, 5.74) is 6.06. The molecule has 1 saturated carbocycles. The van der Waals surface area contributed by atoms with Crippen LogP contribution in [0.4, 0.5) is 0 Å². The molecule has 1 aliphatic carbocycles. The molecule has 0 aromatic heterocycles. The number of amides is 1. The molecule has 104 valence electrons. The van der Waals surface area contributed by atoms with E-state index in [0.29, 0.717) is 12.0 Å². The van der Waals surface area contributed by atoms with Crippen molar-refractivity contribution in [3.63, 3.8) is 0 Å². The molecule has 1 aromatic rings. The van der Waals surface area contributed by atoms with Crippen LogP contribution in [0.25, 0.3) is 0 Å². The van der Waals surface area contributed by atoms with Gasteiger partial charge in [-0.3, -0.25) is 4.79 Å². The van der Waals surface area contributed by atoms with E-state index >= 15 is 0 Å². The minimum Gasteiger partial charge on any atom is -0.351 e. The molecule has 0 aliphatic heterocycles. The van der Waals surface area contributed by atoms with E-state index < -0.39 is 5.54 Å². The Kier molecular flexibility index (Phi) is 4.31. The van der Waals surface area contributed by atoms with Gasteiger partial charge in [0.05, 0.1) is 0 Å². The highest BCUT2D eigenvalue weighted by molar-refractivity contribution is 9.10. The molecule has 0 bridgehead atoms. The molecule has 4 heteroatoms. The average Bonchev–Trinajstić information content (AvgIpc) is 3.08. The van der Waals surface area contributed by atoms with Crippen molar-refractivity contribution in [3.8, 4) is 0 Å². The fraction of sp³-hybridized carbons (Fsp3) is 0.533. The number of hydrogen-bond donors (Lipinski definition) is 2. The van der Waals surface area contributed by atoms with E-state index in [9.17, 15) is 4.79 Å². The van der Waals surface area contributed by atoms with Gasteiger partial charge < -0.3 is 11.1 Å². The molecule has 1 amide bonds. The molecule has 1 fully saturated rings. The van der Waals surface area contributed by atoms with Gasteiger partial charge in [0.15, 0.2) is 0 Å². The SMILES string of the molecule is CCCC1CC1NC(=O)C(C)(N)c1ccc(Br)cc1. The maximum Gasteiger partial charge on any atom is 0.244 e. The van der Waals surface area contributed by atoms with Crippen molar-refractivity contribution in [2.45, 2.75) is 44.7 Å². The van der Waals surface area contributed by atoms with Crippen molar-refractivity contribution in [1.29, 1.82) is 0 Å². The number of carbonyl (C=O) groups excluding carboxylic acids is 1. The molecule has 0 saturated heterocycles. The maximum absolute atomic E-state index is 12.3. The van der Waals surface area contributed by atoms with Crippen molar-refractivity contribution in [3.05, 3.63) is 34.3 Å². The Balaban J connectivity index is 1.99. The van der Waals surface area contributed by atoms with Crippen LogP contribution in [0.2, 0.25) is 0 Å². The topological polar surface area (TPSA) is 55.1 Å². The summed E-state index contributed by atoms with van der Waals surface area (Å²) in [6.07, 6.45) is 3.45. The molecule has 1 aromatic carbocycles. The van der Waals surface area contributed by atoms with Gasteiger partial charge >= 0.3 is 0 Å². The molecule has 3 unspecified atom stereocenters. The highest BCUT2D eigenvalue weighted by Gasteiger charge is 2.40. The molecule has 2 rings (SSSR count). The number of rotatable bonds is 5. The second kappa shape index (κ2) is 5.63. The second-order valence-corrected chi connectivity index (χ2v) is 6.49. The van der Waals surface area contributed by atoms with Crippen molar-refractivity contribution in [2.75, 3.05) is 0 Å². The van der Waals surface area contributed by atoms with E-state index in [2.05, 4.69) is 28.2 Å². The van der Waals surface area contributed by atoms with E-state index in [1.807, 2.05) is 24.3 Å². The van der Waals surface area contributed by atoms with Gasteiger partial charge in [-0.25, -0.2) is 0 Å². The Labute approximate surface area is 123 Å². The number of nitrogens with one attached hydrogen (secondary N) is 1. The predicted molar refractivity (Wildman–Crippen MR) is 80.6 cm³/mol. The zero-order valence-electron chi connectivity index (χ0n) is 11.4. The predicted octanol–water partition coefficient (Wildman–Crippen LogP) is 2.93. The fourth-order valence-electron chi connectivity index (χ4n) is 2.36. The Morgan fingerprint density at radius 1 is 1.47 bits per heavy atom. The van der Waals surface area contributed by atoms with Crippen LogP contribution >= 0.6 is 15.9 Å².